The summed E-state index contributed by atoms with van der Waals surface area (Å²) in [5.74, 6) is 0. The van der Waals surface area contributed by atoms with Crippen LogP contribution in [-0.4, -0.2) is 55.7 Å². The largest absolute Gasteiger partial charge is 0.383 e. The van der Waals surface area contributed by atoms with Gasteiger partial charge in [-0.25, -0.2) is 0 Å². The Morgan fingerprint density at radius 1 is 1.50 bits per heavy atom. The molecular weight excluding hydrogens is 268 g/mol. The lowest BCUT2D eigenvalue weighted by Gasteiger charge is -2.30. The van der Waals surface area contributed by atoms with Gasteiger partial charge in [0.1, 0.15) is 0 Å². The number of hydrogen-bond donors (Lipinski definition) is 0. The van der Waals surface area contributed by atoms with Gasteiger partial charge in [0, 0.05) is 37.7 Å². The number of ether oxygens (including phenoxy) is 1. The molecule has 114 valence electrons. The molecule has 1 aliphatic rings. The molecule has 0 N–H and O–H groups in total. The molecule has 0 radical (unpaired) electrons. The first-order valence-electron chi connectivity index (χ1n) is 7.73. The molecule has 0 spiro atoms. The molecule has 0 bridgehead atoms. The van der Waals surface area contributed by atoms with E-state index < -0.39 is 0 Å². The highest BCUT2D eigenvalue weighted by molar-refractivity contribution is 7.10. The average molecular weight is 296 g/mol. The summed E-state index contributed by atoms with van der Waals surface area (Å²) in [6.07, 6.45) is 2.70. The van der Waals surface area contributed by atoms with E-state index in [9.17, 15) is 0 Å². The summed E-state index contributed by atoms with van der Waals surface area (Å²) >= 11 is 1.88. The van der Waals surface area contributed by atoms with E-state index in [1.54, 1.807) is 7.11 Å². The minimum Gasteiger partial charge on any atom is -0.383 e. The Hall–Kier alpha value is -0.420. The van der Waals surface area contributed by atoms with E-state index in [-0.39, 0.29) is 0 Å². The van der Waals surface area contributed by atoms with Crippen LogP contribution < -0.4 is 0 Å². The van der Waals surface area contributed by atoms with E-state index in [0.717, 1.165) is 25.7 Å². The second kappa shape index (κ2) is 8.13. The maximum absolute atomic E-state index is 5.29. The summed E-state index contributed by atoms with van der Waals surface area (Å²) in [6.45, 7) is 11.0. The Morgan fingerprint density at radius 2 is 2.35 bits per heavy atom. The predicted molar refractivity (Wildman–Crippen MR) is 86.5 cm³/mol. The normalized spacial score (nSPS) is 20.1. The summed E-state index contributed by atoms with van der Waals surface area (Å²) in [5.41, 5.74) is 1.43. The predicted octanol–water partition coefficient (Wildman–Crippen LogP) is 2.99. The van der Waals surface area contributed by atoms with Gasteiger partial charge in [-0.05, 0) is 49.9 Å². The Balaban J connectivity index is 1.94. The summed E-state index contributed by atoms with van der Waals surface area (Å²) < 4.78 is 5.29. The molecule has 1 aromatic heterocycles. The van der Waals surface area contributed by atoms with Crippen molar-refractivity contribution < 1.29 is 4.74 Å². The minimum absolute atomic E-state index is 0.733. The highest BCUT2D eigenvalue weighted by Crippen LogP contribution is 2.21. The van der Waals surface area contributed by atoms with E-state index in [1.807, 2.05) is 11.3 Å². The average Bonchev–Trinajstić information content (AvgIpc) is 3.05. The van der Waals surface area contributed by atoms with Crippen LogP contribution in [0.15, 0.2) is 11.4 Å². The van der Waals surface area contributed by atoms with Crippen molar-refractivity contribution in [3.63, 3.8) is 0 Å². The van der Waals surface area contributed by atoms with Gasteiger partial charge in [0.15, 0.2) is 0 Å². The molecule has 1 aromatic rings. The van der Waals surface area contributed by atoms with E-state index in [1.165, 1.54) is 42.9 Å². The van der Waals surface area contributed by atoms with E-state index in [0.29, 0.717) is 0 Å². The fourth-order valence-electron chi connectivity index (χ4n) is 3.04. The lowest BCUT2D eigenvalue weighted by molar-refractivity contribution is 0.120. The van der Waals surface area contributed by atoms with Crippen molar-refractivity contribution in [3.05, 3.63) is 21.9 Å². The van der Waals surface area contributed by atoms with Crippen LogP contribution in [0.3, 0.4) is 0 Å². The zero-order valence-corrected chi connectivity index (χ0v) is 13.9. The van der Waals surface area contributed by atoms with Gasteiger partial charge in [0.25, 0.3) is 0 Å². The van der Waals surface area contributed by atoms with Gasteiger partial charge < -0.3 is 4.74 Å². The number of hydrogen-bond acceptors (Lipinski definition) is 4. The van der Waals surface area contributed by atoms with E-state index in [2.05, 4.69) is 35.1 Å². The molecule has 20 heavy (non-hydrogen) atoms. The standard InChI is InChI=1S/C16H28N2OS/c1-4-18-8-5-6-15(18)12-17(9-10-19-3)13-16-14(2)7-11-20-16/h7,11,15H,4-6,8-10,12-13H2,1-3H3. The molecule has 0 aliphatic carbocycles. The number of nitrogens with zero attached hydrogens (tertiary/aromatic N) is 2. The van der Waals surface area contributed by atoms with Crippen LogP contribution in [0.1, 0.15) is 30.2 Å². The molecule has 1 atom stereocenters. The van der Waals surface area contributed by atoms with Crippen LogP contribution in [-0.2, 0) is 11.3 Å². The fraction of sp³-hybridized carbons (Fsp3) is 0.750. The smallest absolute Gasteiger partial charge is 0.0589 e. The summed E-state index contributed by atoms with van der Waals surface area (Å²) in [5, 5.41) is 2.20. The van der Waals surface area contributed by atoms with E-state index >= 15 is 0 Å². The fourth-order valence-corrected chi connectivity index (χ4v) is 3.99. The Kier molecular flexibility index (Phi) is 6.49. The number of rotatable bonds is 8. The molecule has 0 aromatic carbocycles. The Bertz CT molecular complexity index is 394. The number of likely N-dealkylation sites (N-methyl/N-ethyl adjacent to an activating group) is 1. The number of likely N-dealkylation sites (tertiary alicyclic amines) is 1. The molecule has 0 amide bonds. The molecule has 1 saturated heterocycles. The van der Waals surface area contributed by atoms with Gasteiger partial charge in [0.2, 0.25) is 0 Å². The van der Waals surface area contributed by atoms with Crippen LogP contribution >= 0.6 is 11.3 Å². The minimum atomic E-state index is 0.733. The van der Waals surface area contributed by atoms with Gasteiger partial charge in [0.05, 0.1) is 6.61 Å². The van der Waals surface area contributed by atoms with Crippen LogP contribution in [0.2, 0.25) is 0 Å². The molecule has 2 rings (SSSR count). The Labute approximate surface area is 127 Å². The maximum Gasteiger partial charge on any atom is 0.0589 e. The first-order valence-corrected chi connectivity index (χ1v) is 8.60. The molecule has 1 aliphatic heterocycles. The number of thiophene rings is 1. The maximum atomic E-state index is 5.29. The van der Waals surface area contributed by atoms with E-state index in [4.69, 9.17) is 4.74 Å². The number of aryl methyl sites for hydroxylation is 1. The third-order valence-corrected chi connectivity index (χ3v) is 5.33. The SMILES string of the molecule is CCN1CCCC1CN(CCOC)Cc1sccc1C. The highest BCUT2D eigenvalue weighted by atomic mass is 32.1. The van der Waals surface area contributed by atoms with Crippen molar-refractivity contribution in [1.82, 2.24) is 9.80 Å². The van der Waals surface area contributed by atoms with Crippen molar-refractivity contribution in [3.8, 4) is 0 Å². The molecule has 1 fully saturated rings. The molecule has 3 nitrogen and oxygen atoms in total. The van der Waals surface area contributed by atoms with Crippen molar-refractivity contribution in [2.24, 2.45) is 0 Å². The first kappa shape index (κ1) is 16.0. The van der Waals surface area contributed by atoms with Crippen molar-refractivity contribution in [1.29, 1.82) is 0 Å². The summed E-state index contributed by atoms with van der Waals surface area (Å²) in [7, 11) is 1.79. The molecule has 0 saturated carbocycles. The zero-order valence-electron chi connectivity index (χ0n) is 13.1. The molecule has 4 heteroatoms. The summed E-state index contributed by atoms with van der Waals surface area (Å²) in [6, 6.07) is 2.96. The number of methoxy groups -OCH3 is 1. The lowest BCUT2D eigenvalue weighted by atomic mass is 10.2. The van der Waals surface area contributed by atoms with Gasteiger partial charge in [-0.2, -0.15) is 0 Å². The van der Waals surface area contributed by atoms with Crippen LogP contribution in [0.4, 0.5) is 0 Å². The van der Waals surface area contributed by atoms with Crippen molar-refractivity contribution in [2.45, 2.75) is 39.3 Å². The first-order chi connectivity index (χ1) is 9.74. The third-order valence-electron chi connectivity index (χ3n) is 4.32. The zero-order chi connectivity index (χ0) is 14.4. The second-order valence-corrected chi connectivity index (χ2v) is 6.68. The molecular formula is C16H28N2OS. The van der Waals surface area contributed by atoms with Gasteiger partial charge in [-0.1, -0.05) is 6.92 Å². The van der Waals surface area contributed by atoms with Crippen LogP contribution in [0.25, 0.3) is 0 Å². The topological polar surface area (TPSA) is 15.7 Å². The highest BCUT2D eigenvalue weighted by Gasteiger charge is 2.25. The Morgan fingerprint density at radius 3 is 3.00 bits per heavy atom. The molecule has 1 unspecified atom stereocenters. The second-order valence-electron chi connectivity index (χ2n) is 5.68. The monoisotopic (exact) mass is 296 g/mol. The van der Waals surface area contributed by atoms with Crippen molar-refractivity contribution in [2.75, 3.05) is 39.9 Å². The summed E-state index contributed by atoms with van der Waals surface area (Å²) in [4.78, 5) is 6.70. The van der Waals surface area contributed by atoms with Crippen LogP contribution in [0.5, 0.6) is 0 Å². The van der Waals surface area contributed by atoms with Gasteiger partial charge in [-0.15, -0.1) is 11.3 Å². The van der Waals surface area contributed by atoms with Gasteiger partial charge in [-0.3, -0.25) is 9.80 Å². The van der Waals surface area contributed by atoms with Crippen molar-refractivity contribution >= 4 is 11.3 Å². The molecule has 2 heterocycles. The third kappa shape index (κ3) is 4.29. The van der Waals surface area contributed by atoms with Gasteiger partial charge >= 0.3 is 0 Å². The quantitative estimate of drug-likeness (QED) is 0.733. The lowest BCUT2D eigenvalue weighted by Crippen LogP contribution is -2.41. The van der Waals surface area contributed by atoms with Crippen LogP contribution in [0, 0.1) is 6.92 Å².